The number of rotatable bonds is 3. The summed E-state index contributed by atoms with van der Waals surface area (Å²) in [7, 11) is 0. The minimum Gasteiger partial charge on any atom is -0.378 e. The quantitative estimate of drug-likeness (QED) is 0.788. The lowest BCUT2D eigenvalue weighted by Crippen LogP contribution is -2.37. The molecule has 0 aliphatic carbocycles. The summed E-state index contributed by atoms with van der Waals surface area (Å²) in [5.74, 6) is 1.73. The van der Waals surface area contributed by atoms with Crippen molar-refractivity contribution in [3.05, 3.63) is 48.2 Å². The van der Waals surface area contributed by atoms with Gasteiger partial charge in [-0.2, -0.15) is 15.1 Å². The predicted octanol–water partition coefficient (Wildman–Crippen LogP) is 2.06. The van der Waals surface area contributed by atoms with Crippen molar-refractivity contribution in [1.82, 2.24) is 19.7 Å². The van der Waals surface area contributed by atoms with Crippen molar-refractivity contribution >= 4 is 11.8 Å². The van der Waals surface area contributed by atoms with Gasteiger partial charge in [0, 0.05) is 30.4 Å². The highest BCUT2D eigenvalue weighted by atomic mass is 16.5. The van der Waals surface area contributed by atoms with Gasteiger partial charge in [-0.1, -0.05) is 30.3 Å². The van der Waals surface area contributed by atoms with Gasteiger partial charge < -0.3 is 15.4 Å². The lowest BCUT2D eigenvalue weighted by Gasteiger charge is -2.28. The first-order chi connectivity index (χ1) is 12.2. The summed E-state index contributed by atoms with van der Waals surface area (Å²) in [6.45, 7) is 4.98. The highest BCUT2D eigenvalue weighted by molar-refractivity contribution is 5.60. The molecule has 0 atom stereocenters. The fraction of sp³-hybridized carbons (Fsp3) is 0.278. The maximum Gasteiger partial charge on any atom is 0.224 e. The molecule has 0 amide bonds. The van der Waals surface area contributed by atoms with Crippen LogP contribution in [0.25, 0.3) is 17.1 Å². The van der Waals surface area contributed by atoms with Crippen LogP contribution >= 0.6 is 0 Å². The molecule has 0 spiro atoms. The average molecular weight is 336 g/mol. The van der Waals surface area contributed by atoms with Crippen molar-refractivity contribution in [1.29, 1.82) is 0 Å². The number of hydrogen-bond donors (Lipinski definition) is 1. The maximum absolute atomic E-state index is 5.95. The van der Waals surface area contributed by atoms with E-state index in [1.54, 1.807) is 0 Å². The lowest BCUT2D eigenvalue weighted by molar-refractivity contribution is 0.122. The Bertz CT molecular complexity index is 871. The van der Waals surface area contributed by atoms with Gasteiger partial charge in [0.25, 0.3) is 0 Å². The molecule has 1 fully saturated rings. The number of aromatic nitrogens is 4. The Labute approximate surface area is 146 Å². The van der Waals surface area contributed by atoms with Crippen molar-refractivity contribution in [3.63, 3.8) is 0 Å². The second kappa shape index (κ2) is 6.52. The molecule has 0 unspecified atom stereocenters. The largest absolute Gasteiger partial charge is 0.378 e. The molecule has 1 aliphatic heterocycles. The summed E-state index contributed by atoms with van der Waals surface area (Å²) in [6.07, 6.45) is 0. The third-order valence-electron chi connectivity index (χ3n) is 4.23. The van der Waals surface area contributed by atoms with Crippen LogP contribution in [-0.4, -0.2) is 46.1 Å². The SMILES string of the molecule is Cc1cc(-c2ccccc2)nn1-c1cc(N2CCOCC2)nc(N)n1. The molecule has 7 heteroatoms. The molecular weight excluding hydrogens is 316 g/mol. The van der Waals surface area contributed by atoms with E-state index < -0.39 is 0 Å². The van der Waals surface area contributed by atoms with Gasteiger partial charge in [0.15, 0.2) is 5.82 Å². The fourth-order valence-electron chi connectivity index (χ4n) is 2.96. The number of morpholine rings is 1. The van der Waals surface area contributed by atoms with Crippen molar-refractivity contribution in [2.75, 3.05) is 36.9 Å². The van der Waals surface area contributed by atoms with E-state index in [0.717, 1.165) is 35.9 Å². The van der Waals surface area contributed by atoms with Gasteiger partial charge in [-0.15, -0.1) is 0 Å². The Hall–Kier alpha value is -2.93. The Morgan fingerprint density at radius 1 is 1.00 bits per heavy atom. The van der Waals surface area contributed by atoms with Crippen LogP contribution in [0.5, 0.6) is 0 Å². The number of nitrogens with two attached hydrogens (primary N) is 1. The van der Waals surface area contributed by atoms with Crippen LogP contribution in [0.2, 0.25) is 0 Å². The zero-order valence-electron chi connectivity index (χ0n) is 14.1. The van der Waals surface area contributed by atoms with E-state index in [-0.39, 0.29) is 5.95 Å². The molecule has 25 heavy (non-hydrogen) atoms. The minimum atomic E-state index is 0.246. The number of nitrogens with zero attached hydrogens (tertiary/aromatic N) is 5. The molecule has 1 aliphatic rings. The molecule has 0 radical (unpaired) electrons. The van der Waals surface area contributed by atoms with Crippen LogP contribution in [0, 0.1) is 6.92 Å². The zero-order chi connectivity index (χ0) is 17.2. The molecule has 0 saturated carbocycles. The van der Waals surface area contributed by atoms with Gasteiger partial charge in [-0.05, 0) is 13.0 Å². The van der Waals surface area contributed by atoms with Gasteiger partial charge >= 0.3 is 0 Å². The van der Waals surface area contributed by atoms with Crippen LogP contribution in [-0.2, 0) is 4.74 Å². The first kappa shape index (κ1) is 15.6. The molecule has 1 saturated heterocycles. The first-order valence-corrected chi connectivity index (χ1v) is 8.30. The van der Waals surface area contributed by atoms with Crippen LogP contribution in [0.1, 0.15) is 5.69 Å². The predicted molar refractivity (Wildman–Crippen MR) is 96.8 cm³/mol. The topological polar surface area (TPSA) is 82.1 Å². The van der Waals surface area contributed by atoms with E-state index in [0.29, 0.717) is 19.0 Å². The van der Waals surface area contributed by atoms with Crippen molar-refractivity contribution in [3.8, 4) is 17.1 Å². The monoisotopic (exact) mass is 336 g/mol. The normalized spacial score (nSPS) is 14.7. The van der Waals surface area contributed by atoms with Gasteiger partial charge in [0.05, 0.1) is 18.9 Å². The molecule has 0 bridgehead atoms. The number of hydrogen-bond acceptors (Lipinski definition) is 6. The Balaban J connectivity index is 1.72. The van der Waals surface area contributed by atoms with Crippen LogP contribution < -0.4 is 10.6 Å². The van der Waals surface area contributed by atoms with Gasteiger partial charge in [0.1, 0.15) is 5.82 Å². The highest BCUT2D eigenvalue weighted by Crippen LogP contribution is 2.23. The van der Waals surface area contributed by atoms with E-state index in [9.17, 15) is 0 Å². The second-order valence-electron chi connectivity index (χ2n) is 5.99. The molecule has 7 nitrogen and oxygen atoms in total. The number of benzene rings is 1. The van der Waals surface area contributed by atoms with Crippen LogP contribution in [0.15, 0.2) is 42.5 Å². The van der Waals surface area contributed by atoms with E-state index in [2.05, 4.69) is 14.9 Å². The average Bonchev–Trinajstić information content (AvgIpc) is 3.04. The first-order valence-electron chi connectivity index (χ1n) is 8.30. The summed E-state index contributed by atoms with van der Waals surface area (Å²) in [4.78, 5) is 10.9. The third kappa shape index (κ3) is 3.18. The molecule has 3 heterocycles. The Morgan fingerprint density at radius 3 is 2.48 bits per heavy atom. The standard InChI is InChI=1S/C18H20N6O/c1-13-11-15(14-5-3-2-4-6-14)22-24(13)17-12-16(20-18(19)21-17)23-7-9-25-10-8-23/h2-6,11-12H,7-10H2,1H3,(H2,19,20,21). The van der Waals surface area contributed by atoms with Crippen molar-refractivity contribution in [2.24, 2.45) is 0 Å². The number of ether oxygens (including phenoxy) is 1. The maximum atomic E-state index is 5.95. The van der Waals surface area contributed by atoms with Crippen LogP contribution in [0.4, 0.5) is 11.8 Å². The molecule has 3 aromatic rings. The lowest BCUT2D eigenvalue weighted by atomic mass is 10.1. The molecular formula is C18H20N6O. The molecule has 2 aromatic heterocycles. The van der Waals surface area contributed by atoms with Crippen molar-refractivity contribution in [2.45, 2.75) is 6.92 Å². The Morgan fingerprint density at radius 2 is 1.72 bits per heavy atom. The van der Waals surface area contributed by atoms with Crippen molar-refractivity contribution < 1.29 is 4.74 Å². The number of nitrogen functional groups attached to an aromatic ring is 1. The number of anilines is 2. The molecule has 1 aromatic carbocycles. The summed E-state index contributed by atoms with van der Waals surface area (Å²) in [5, 5.41) is 4.71. The van der Waals surface area contributed by atoms with E-state index in [1.807, 2.05) is 54.1 Å². The fourth-order valence-corrected chi connectivity index (χ4v) is 2.96. The second-order valence-corrected chi connectivity index (χ2v) is 5.99. The molecule has 2 N–H and O–H groups in total. The smallest absolute Gasteiger partial charge is 0.224 e. The summed E-state index contributed by atoms with van der Waals surface area (Å²) in [5.41, 5.74) is 8.92. The zero-order valence-corrected chi connectivity index (χ0v) is 14.1. The molecule has 128 valence electrons. The third-order valence-corrected chi connectivity index (χ3v) is 4.23. The summed E-state index contributed by atoms with van der Waals surface area (Å²) >= 11 is 0. The van der Waals surface area contributed by atoms with Crippen LogP contribution in [0.3, 0.4) is 0 Å². The number of aryl methyl sites for hydroxylation is 1. The van der Waals surface area contributed by atoms with E-state index in [1.165, 1.54) is 0 Å². The van der Waals surface area contributed by atoms with Gasteiger partial charge in [0.2, 0.25) is 5.95 Å². The minimum absolute atomic E-state index is 0.246. The van der Waals surface area contributed by atoms with E-state index in [4.69, 9.17) is 15.6 Å². The Kier molecular flexibility index (Phi) is 4.07. The highest BCUT2D eigenvalue weighted by Gasteiger charge is 2.16. The van der Waals surface area contributed by atoms with E-state index >= 15 is 0 Å². The summed E-state index contributed by atoms with van der Waals surface area (Å²) in [6, 6.07) is 14.1. The van der Waals surface area contributed by atoms with Gasteiger partial charge in [-0.3, -0.25) is 0 Å². The molecule has 4 rings (SSSR count). The van der Waals surface area contributed by atoms with Gasteiger partial charge in [-0.25, -0.2) is 4.68 Å². The summed E-state index contributed by atoms with van der Waals surface area (Å²) < 4.78 is 7.21.